The molecule has 0 amide bonds. The third kappa shape index (κ3) is 3.38. The standard InChI is InChI=1S/C17H28N4/c1-14-4-7-19-17(16(14)12-18)21-10-5-15(6-11-21)13-20-8-2-3-9-20/h4,7,15H,2-3,5-6,8-13,18H2,1H3. The van der Waals surface area contributed by atoms with Crippen LogP contribution in [0.1, 0.15) is 36.8 Å². The minimum absolute atomic E-state index is 0.586. The summed E-state index contributed by atoms with van der Waals surface area (Å²) >= 11 is 0. The van der Waals surface area contributed by atoms with Crippen molar-refractivity contribution in [2.24, 2.45) is 11.7 Å². The maximum Gasteiger partial charge on any atom is 0.133 e. The summed E-state index contributed by atoms with van der Waals surface area (Å²) in [6.45, 7) is 8.91. The Labute approximate surface area is 128 Å². The molecule has 0 saturated carbocycles. The van der Waals surface area contributed by atoms with Gasteiger partial charge in [-0.2, -0.15) is 0 Å². The van der Waals surface area contributed by atoms with Crippen LogP contribution < -0.4 is 10.6 Å². The summed E-state index contributed by atoms with van der Waals surface area (Å²) in [6.07, 6.45) is 7.28. The summed E-state index contributed by atoms with van der Waals surface area (Å²) < 4.78 is 0. The lowest BCUT2D eigenvalue weighted by atomic mass is 9.95. The molecular weight excluding hydrogens is 260 g/mol. The topological polar surface area (TPSA) is 45.4 Å². The molecule has 1 aromatic rings. The first kappa shape index (κ1) is 14.8. The number of nitrogens with zero attached hydrogens (tertiary/aromatic N) is 3. The monoisotopic (exact) mass is 288 g/mol. The second-order valence-corrected chi connectivity index (χ2v) is 6.57. The van der Waals surface area contributed by atoms with Crippen molar-refractivity contribution < 1.29 is 0 Å². The number of hydrogen-bond acceptors (Lipinski definition) is 4. The molecule has 0 aromatic carbocycles. The Bertz CT molecular complexity index is 460. The molecule has 3 heterocycles. The van der Waals surface area contributed by atoms with Crippen LogP contribution in [-0.2, 0) is 6.54 Å². The van der Waals surface area contributed by atoms with Crippen molar-refractivity contribution in [3.8, 4) is 0 Å². The number of hydrogen-bond donors (Lipinski definition) is 1. The van der Waals surface area contributed by atoms with E-state index < -0.39 is 0 Å². The Morgan fingerprint density at radius 3 is 2.57 bits per heavy atom. The fourth-order valence-corrected chi connectivity index (χ4v) is 3.76. The third-order valence-electron chi connectivity index (χ3n) is 5.10. The van der Waals surface area contributed by atoms with Crippen LogP contribution >= 0.6 is 0 Å². The van der Waals surface area contributed by atoms with Gasteiger partial charge in [0.15, 0.2) is 0 Å². The minimum atomic E-state index is 0.586. The summed E-state index contributed by atoms with van der Waals surface area (Å²) in [5.41, 5.74) is 8.40. The highest BCUT2D eigenvalue weighted by atomic mass is 15.2. The fourth-order valence-electron chi connectivity index (χ4n) is 3.76. The number of piperidine rings is 1. The molecule has 0 spiro atoms. The number of anilines is 1. The summed E-state index contributed by atoms with van der Waals surface area (Å²) in [6, 6.07) is 2.06. The highest BCUT2D eigenvalue weighted by Crippen LogP contribution is 2.27. The van der Waals surface area contributed by atoms with Gasteiger partial charge >= 0.3 is 0 Å². The molecule has 2 N–H and O–H groups in total. The van der Waals surface area contributed by atoms with E-state index in [1.165, 1.54) is 56.4 Å². The van der Waals surface area contributed by atoms with Crippen molar-refractivity contribution in [2.45, 2.75) is 39.2 Å². The largest absolute Gasteiger partial charge is 0.356 e. The van der Waals surface area contributed by atoms with Gasteiger partial charge in [0.25, 0.3) is 0 Å². The first-order valence-corrected chi connectivity index (χ1v) is 8.40. The highest BCUT2D eigenvalue weighted by Gasteiger charge is 2.24. The van der Waals surface area contributed by atoms with Gasteiger partial charge in [-0.25, -0.2) is 4.98 Å². The Kier molecular flexibility index (Phi) is 4.76. The smallest absolute Gasteiger partial charge is 0.133 e. The number of aromatic nitrogens is 1. The first-order chi connectivity index (χ1) is 10.3. The van der Waals surface area contributed by atoms with E-state index in [1.807, 2.05) is 6.20 Å². The van der Waals surface area contributed by atoms with Crippen molar-refractivity contribution in [3.05, 3.63) is 23.4 Å². The van der Waals surface area contributed by atoms with Gasteiger partial charge in [-0.1, -0.05) is 0 Å². The zero-order valence-corrected chi connectivity index (χ0v) is 13.2. The average Bonchev–Trinajstić information content (AvgIpc) is 3.01. The van der Waals surface area contributed by atoms with Gasteiger partial charge in [-0.15, -0.1) is 0 Å². The van der Waals surface area contributed by atoms with E-state index in [0.29, 0.717) is 6.54 Å². The quantitative estimate of drug-likeness (QED) is 0.922. The molecule has 0 atom stereocenters. The molecule has 2 fully saturated rings. The van der Waals surface area contributed by atoms with Crippen molar-refractivity contribution in [1.82, 2.24) is 9.88 Å². The predicted molar refractivity (Wildman–Crippen MR) is 87.5 cm³/mol. The van der Waals surface area contributed by atoms with Gasteiger partial charge in [-0.3, -0.25) is 0 Å². The molecule has 1 aromatic heterocycles. The number of pyridine rings is 1. The van der Waals surface area contributed by atoms with Gasteiger partial charge in [0.2, 0.25) is 0 Å². The molecular formula is C17H28N4. The van der Waals surface area contributed by atoms with Crippen molar-refractivity contribution >= 4 is 5.82 Å². The van der Waals surface area contributed by atoms with E-state index in [2.05, 4.69) is 27.8 Å². The summed E-state index contributed by atoms with van der Waals surface area (Å²) in [5, 5.41) is 0. The van der Waals surface area contributed by atoms with Gasteiger partial charge in [-0.05, 0) is 63.2 Å². The molecule has 4 nitrogen and oxygen atoms in total. The molecule has 4 heteroatoms. The molecule has 0 unspecified atom stereocenters. The molecule has 2 aliphatic heterocycles. The first-order valence-electron chi connectivity index (χ1n) is 8.40. The molecule has 21 heavy (non-hydrogen) atoms. The van der Waals surface area contributed by atoms with Crippen LogP contribution in [0.2, 0.25) is 0 Å². The molecule has 2 saturated heterocycles. The lowest BCUT2D eigenvalue weighted by Crippen LogP contribution is -2.39. The van der Waals surface area contributed by atoms with Crippen LogP contribution in [-0.4, -0.2) is 42.6 Å². The van der Waals surface area contributed by atoms with Gasteiger partial charge in [0.1, 0.15) is 5.82 Å². The van der Waals surface area contributed by atoms with E-state index in [-0.39, 0.29) is 0 Å². The lowest BCUT2D eigenvalue weighted by molar-refractivity contribution is 0.249. The van der Waals surface area contributed by atoms with Gasteiger partial charge in [0.05, 0.1) is 0 Å². The Morgan fingerprint density at radius 2 is 1.90 bits per heavy atom. The second-order valence-electron chi connectivity index (χ2n) is 6.57. The van der Waals surface area contributed by atoms with Crippen LogP contribution in [0.4, 0.5) is 5.82 Å². The summed E-state index contributed by atoms with van der Waals surface area (Å²) in [7, 11) is 0. The van der Waals surface area contributed by atoms with E-state index in [1.54, 1.807) is 0 Å². The number of aryl methyl sites for hydroxylation is 1. The lowest BCUT2D eigenvalue weighted by Gasteiger charge is -2.35. The van der Waals surface area contributed by atoms with Gasteiger partial charge < -0.3 is 15.5 Å². The van der Waals surface area contributed by atoms with Crippen molar-refractivity contribution in [1.29, 1.82) is 0 Å². The molecule has 0 bridgehead atoms. The third-order valence-corrected chi connectivity index (χ3v) is 5.10. The summed E-state index contributed by atoms with van der Waals surface area (Å²) in [4.78, 5) is 9.69. The van der Waals surface area contributed by atoms with Crippen LogP contribution in [0.3, 0.4) is 0 Å². The van der Waals surface area contributed by atoms with E-state index in [4.69, 9.17) is 5.73 Å². The SMILES string of the molecule is Cc1ccnc(N2CCC(CN3CCCC3)CC2)c1CN. The maximum atomic E-state index is 5.92. The van der Waals surface area contributed by atoms with Crippen LogP contribution in [0.25, 0.3) is 0 Å². The zero-order valence-electron chi connectivity index (χ0n) is 13.2. The maximum absolute atomic E-state index is 5.92. The minimum Gasteiger partial charge on any atom is -0.356 e. The van der Waals surface area contributed by atoms with E-state index in [0.717, 1.165) is 24.8 Å². The van der Waals surface area contributed by atoms with E-state index in [9.17, 15) is 0 Å². The molecule has 3 rings (SSSR count). The number of nitrogens with two attached hydrogens (primary N) is 1. The molecule has 2 aliphatic rings. The Hall–Kier alpha value is -1.13. The van der Waals surface area contributed by atoms with Crippen LogP contribution in [0.15, 0.2) is 12.3 Å². The fraction of sp³-hybridized carbons (Fsp3) is 0.706. The number of rotatable bonds is 4. The predicted octanol–water partition coefficient (Wildman–Crippen LogP) is 2.16. The molecule has 0 aliphatic carbocycles. The summed E-state index contributed by atoms with van der Waals surface area (Å²) in [5.74, 6) is 1.99. The molecule has 0 radical (unpaired) electrons. The average molecular weight is 288 g/mol. The zero-order chi connectivity index (χ0) is 14.7. The van der Waals surface area contributed by atoms with Crippen molar-refractivity contribution in [2.75, 3.05) is 37.6 Å². The Balaban J connectivity index is 1.59. The Morgan fingerprint density at radius 1 is 1.19 bits per heavy atom. The van der Waals surface area contributed by atoms with Crippen molar-refractivity contribution in [3.63, 3.8) is 0 Å². The second kappa shape index (κ2) is 6.75. The number of likely N-dealkylation sites (tertiary alicyclic amines) is 1. The normalized spacial score (nSPS) is 21.1. The van der Waals surface area contributed by atoms with E-state index >= 15 is 0 Å². The highest BCUT2D eigenvalue weighted by molar-refractivity contribution is 5.50. The van der Waals surface area contributed by atoms with Crippen LogP contribution in [0.5, 0.6) is 0 Å². The molecule has 116 valence electrons. The van der Waals surface area contributed by atoms with Crippen LogP contribution in [0, 0.1) is 12.8 Å². The van der Waals surface area contributed by atoms with Gasteiger partial charge in [0, 0.05) is 37.9 Å².